The molecule has 0 fully saturated rings. The summed E-state index contributed by atoms with van der Waals surface area (Å²) in [7, 11) is 1.38. The van der Waals surface area contributed by atoms with E-state index in [1.54, 1.807) is 6.07 Å². The van der Waals surface area contributed by atoms with E-state index in [0.717, 1.165) is 37.1 Å². The van der Waals surface area contributed by atoms with E-state index in [1.165, 1.54) is 7.11 Å². The molecule has 18 heavy (non-hydrogen) atoms. The van der Waals surface area contributed by atoms with Gasteiger partial charge in [-0.05, 0) is 43.9 Å². The van der Waals surface area contributed by atoms with Gasteiger partial charge in [0, 0.05) is 18.8 Å². The highest BCUT2D eigenvalue weighted by molar-refractivity contribution is 5.90. The predicted octanol–water partition coefficient (Wildman–Crippen LogP) is 2.36. The Bertz CT molecular complexity index is 391. The molecule has 0 bridgehead atoms. The van der Waals surface area contributed by atoms with Crippen LogP contribution in [0, 0.1) is 6.92 Å². The van der Waals surface area contributed by atoms with Gasteiger partial charge in [-0.25, -0.2) is 4.79 Å². The number of hydrogen-bond acceptors (Lipinski definition) is 4. The molecule has 0 spiro atoms. The van der Waals surface area contributed by atoms with E-state index in [-0.39, 0.29) is 12.6 Å². The van der Waals surface area contributed by atoms with Crippen molar-refractivity contribution in [3.05, 3.63) is 29.3 Å². The molecule has 0 atom stereocenters. The van der Waals surface area contributed by atoms with Crippen molar-refractivity contribution < 1.29 is 14.6 Å². The molecule has 0 aliphatic rings. The lowest BCUT2D eigenvalue weighted by molar-refractivity contribution is 0.0601. The van der Waals surface area contributed by atoms with E-state index < -0.39 is 0 Å². The Balaban J connectivity index is 2.56. The fourth-order valence-electron chi connectivity index (χ4n) is 1.69. The molecule has 0 saturated heterocycles. The summed E-state index contributed by atoms with van der Waals surface area (Å²) in [4.78, 5) is 11.4. The van der Waals surface area contributed by atoms with Crippen molar-refractivity contribution in [2.75, 3.05) is 25.6 Å². The molecule has 1 aromatic carbocycles. The second-order valence-corrected chi connectivity index (χ2v) is 4.23. The Morgan fingerprint density at radius 2 is 2.11 bits per heavy atom. The van der Waals surface area contributed by atoms with Crippen LogP contribution in [-0.2, 0) is 4.74 Å². The molecule has 0 radical (unpaired) electrons. The van der Waals surface area contributed by atoms with Crippen LogP contribution >= 0.6 is 0 Å². The molecule has 0 heterocycles. The molecule has 0 unspecified atom stereocenters. The monoisotopic (exact) mass is 251 g/mol. The molecular weight excluding hydrogens is 230 g/mol. The van der Waals surface area contributed by atoms with Crippen molar-refractivity contribution in [3.63, 3.8) is 0 Å². The minimum atomic E-state index is -0.321. The zero-order chi connectivity index (χ0) is 13.4. The van der Waals surface area contributed by atoms with Crippen molar-refractivity contribution in [1.29, 1.82) is 0 Å². The Hall–Kier alpha value is -1.55. The van der Waals surface area contributed by atoms with Crippen LogP contribution in [0.15, 0.2) is 18.2 Å². The van der Waals surface area contributed by atoms with Crippen LogP contribution in [0.1, 0.15) is 35.2 Å². The van der Waals surface area contributed by atoms with Crippen LogP contribution in [0.3, 0.4) is 0 Å². The molecule has 4 nitrogen and oxygen atoms in total. The topological polar surface area (TPSA) is 58.6 Å². The van der Waals surface area contributed by atoms with Crippen molar-refractivity contribution in [3.8, 4) is 0 Å². The van der Waals surface area contributed by atoms with Crippen LogP contribution in [0.2, 0.25) is 0 Å². The number of unbranched alkanes of at least 4 members (excludes halogenated alkanes) is 2. The summed E-state index contributed by atoms with van der Waals surface area (Å²) in [6.07, 6.45) is 2.84. The third-order valence-electron chi connectivity index (χ3n) is 2.81. The molecule has 1 aromatic rings. The van der Waals surface area contributed by atoms with Gasteiger partial charge in [0.25, 0.3) is 0 Å². The maximum absolute atomic E-state index is 11.4. The van der Waals surface area contributed by atoms with Gasteiger partial charge in [0.15, 0.2) is 0 Å². The summed E-state index contributed by atoms with van der Waals surface area (Å²) in [6, 6.07) is 5.48. The fraction of sp³-hybridized carbons (Fsp3) is 0.500. The van der Waals surface area contributed by atoms with Crippen molar-refractivity contribution in [1.82, 2.24) is 0 Å². The number of aliphatic hydroxyl groups excluding tert-OH is 1. The SMILES string of the molecule is COC(=O)c1ccc(C)c(NCCCCCO)c1. The molecule has 0 aliphatic carbocycles. The van der Waals surface area contributed by atoms with Gasteiger partial charge in [0.1, 0.15) is 0 Å². The van der Waals surface area contributed by atoms with Crippen LogP contribution < -0.4 is 5.32 Å². The number of carbonyl (C=O) groups excluding carboxylic acids is 1. The summed E-state index contributed by atoms with van der Waals surface area (Å²) >= 11 is 0. The first kappa shape index (κ1) is 14.5. The number of aliphatic hydroxyl groups is 1. The molecule has 100 valence electrons. The van der Waals surface area contributed by atoms with E-state index in [2.05, 4.69) is 5.32 Å². The van der Waals surface area contributed by atoms with Gasteiger partial charge in [-0.3, -0.25) is 0 Å². The molecule has 0 aliphatic heterocycles. The molecule has 0 amide bonds. The zero-order valence-electron chi connectivity index (χ0n) is 11.0. The minimum absolute atomic E-state index is 0.247. The summed E-state index contributed by atoms with van der Waals surface area (Å²) in [5.74, 6) is -0.321. The number of nitrogens with one attached hydrogen (secondary N) is 1. The van der Waals surface area contributed by atoms with Gasteiger partial charge in [0.2, 0.25) is 0 Å². The summed E-state index contributed by atoms with van der Waals surface area (Å²) in [5.41, 5.74) is 2.62. The smallest absolute Gasteiger partial charge is 0.337 e. The van der Waals surface area contributed by atoms with Gasteiger partial charge in [-0.1, -0.05) is 6.07 Å². The standard InChI is InChI=1S/C14H21NO3/c1-11-6-7-12(14(17)18-2)10-13(11)15-8-4-3-5-9-16/h6-7,10,15-16H,3-5,8-9H2,1-2H3. The number of anilines is 1. The van der Waals surface area contributed by atoms with E-state index >= 15 is 0 Å². The number of benzene rings is 1. The summed E-state index contributed by atoms with van der Waals surface area (Å²) in [5, 5.41) is 12.0. The van der Waals surface area contributed by atoms with Gasteiger partial charge >= 0.3 is 5.97 Å². The number of methoxy groups -OCH3 is 1. The fourth-order valence-corrected chi connectivity index (χ4v) is 1.69. The van der Waals surface area contributed by atoms with E-state index in [4.69, 9.17) is 9.84 Å². The lowest BCUT2D eigenvalue weighted by Crippen LogP contribution is -2.06. The highest BCUT2D eigenvalue weighted by Gasteiger charge is 2.07. The average Bonchev–Trinajstić information content (AvgIpc) is 2.39. The first-order chi connectivity index (χ1) is 8.69. The molecular formula is C14H21NO3. The third-order valence-corrected chi connectivity index (χ3v) is 2.81. The number of esters is 1. The van der Waals surface area contributed by atoms with Crippen LogP contribution in [0.5, 0.6) is 0 Å². The van der Waals surface area contributed by atoms with E-state index in [1.807, 2.05) is 19.1 Å². The lowest BCUT2D eigenvalue weighted by Gasteiger charge is -2.10. The largest absolute Gasteiger partial charge is 0.465 e. The predicted molar refractivity (Wildman–Crippen MR) is 71.9 cm³/mol. The van der Waals surface area contributed by atoms with Gasteiger partial charge in [-0.15, -0.1) is 0 Å². The third kappa shape index (κ3) is 4.37. The number of aryl methyl sites for hydroxylation is 1. The molecule has 0 aromatic heterocycles. The number of hydrogen-bond donors (Lipinski definition) is 2. The molecule has 0 saturated carbocycles. The number of rotatable bonds is 7. The van der Waals surface area contributed by atoms with Crippen LogP contribution in [-0.4, -0.2) is 31.3 Å². The van der Waals surface area contributed by atoms with Gasteiger partial charge < -0.3 is 15.2 Å². The van der Waals surface area contributed by atoms with Crippen molar-refractivity contribution in [2.24, 2.45) is 0 Å². The molecule has 1 rings (SSSR count). The Kier molecular flexibility index (Phi) is 6.22. The Morgan fingerprint density at radius 1 is 1.33 bits per heavy atom. The van der Waals surface area contributed by atoms with Gasteiger partial charge in [-0.2, -0.15) is 0 Å². The van der Waals surface area contributed by atoms with Crippen molar-refractivity contribution >= 4 is 11.7 Å². The molecule has 2 N–H and O–H groups in total. The number of ether oxygens (including phenoxy) is 1. The first-order valence-electron chi connectivity index (χ1n) is 6.22. The quantitative estimate of drug-likeness (QED) is 0.577. The lowest BCUT2D eigenvalue weighted by atomic mass is 10.1. The minimum Gasteiger partial charge on any atom is -0.465 e. The van der Waals surface area contributed by atoms with Crippen LogP contribution in [0.4, 0.5) is 5.69 Å². The second kappa shape index (κ2) is 7.71. The summed E-state index contributed by atoms with van der Waals surface area (Å²) in [6.45, 7) is 3.08. The number of carbonyl (C=O) groups is 1. The highest BCUT2D eigenvalue weighted by Crippen LogP contribution is 2.17. The Morgan fingerprint density at radius 3 is 2.78 bits per heavy atom. The van der Waals surface area contributed by atoms with E-state index in [0.29, 0.717) is 5.56 Å². The summed E-state index contributed by atoms with van der Waals surface area (Å²) < 4.78 is 4.69. The maximum atomic E-state index is 11.4. The first-order valence-corrected chi connectivity index (χ1v) is 6.22. The highest BCUT2D eigenvalue weighted by atomic mass is 16.5. The normalized spacial score (nSPS) is 10.2. The second-order valence-electron chi connectivity index (χ2n) is 4.23. The maximum Gasteiger partial charge on any atom is 0.337 e. The van der Waals surface area contributed by atoms with Crippen molar-refractivity contribution in [2.45, 2.75) is 26.2 Å². The Labute approximate surface area is 108 Å². The van der Waals surface area contributed by atoms with E-state index in [9.17, 15) is 4.79 Å². The van der Waals surface area contributed by atoms with Crippen LogP contribution in [0.25, 0.3) is 0 Å². The average molecular weight is 251 g/mol. The zero-order valence-corrected chi connectivity index (χ0v) is 11.0. The molecule has 4 heteroatoms. The van der Waals surface area contributed by atoms with Gasteiger partial charge in [0.05, 0.1) is 12.7 Å².